The predicted molar refractivity (Wildman–Crippen MR) is 39.7 cm³/mol. The van der Waals surface area contributed by atoms with Gasteiger partial charge in [0.05, 0.1) is 6.07 Å². The van der Waals surface area contributed by atoms with Crippen molar-refractivity contribution in [2.24, 2.45) is 0 Å². The lowest BCUT2D eigenvalue weighted by Gasteiger charge is -2.09. The van der Waals surface area contributed by atoms with Gasteiger partial charge in [-0.3, -0.25) is 0 Å². The number of rotatable bonds is 1. The van der Waals surface area contributed by atoms with Crippen molar-refractivity contribution in [3.8, 4) is 11.8 Å². The third kappa shape index (κ3) is 1.70. The fraction of sp³-hybridized carbons (Fsp3) is 0.333. The Morgan fingerprint density at radius 3 is 2.00 bits per heavy atom. The fourth-order valence-corrected chi connectivity index (χ4v) is 0.610. The first-order valence-corrected chi connectivity index (χ1v) is 3.04. The Morgan fingerprint density at radius 2 is 1.64 bits per heavy atom. The third-order valence-electron chi connectivity index (χ3n) is 1.09. The SMILES string of the molecule is CN(C)c1nc(O)cc(O)n1. The van der Waals surface area contributed by atoms with Gasteiger partial charge in [-0.1, -0.05) is 0 Å². The van der Waals surface area contributed by atoms with Gasteiger partial charge in [0.25, 0.3) is 0 Å². The molecule has 5 nitrogen and oxygen atoms in total. The summed E-state index contributed by atoms with van der Waals surface area (Å²) >= 11 is 0. The number of aromatic nitrogens is 2. The predicted octanol–water partition coefficient (Wildman–Crippen LogP) is -0.0462. The Morgan fingerprint density at radius 1 is 1.18 bits per heavy atom. The molecule has 0 unspecified atom stereocenters. The average molecular weight is 155 g/mol. The molecule has 5 heteroatoms. The van der Waals surface area contributed by atoms with E-state index in [9.17, 15) is 0 Å². The van der Waals surface area contributed by atoms with E-state index in [0.29, 0.717) is 0 Å². The van der Waals surface area contributed by atoms with E-state index in [-0.39, 0.29) is 17.7 Å². The standard InChI is InChI=1S/C6H9N3O2/c1-9(2)6-7-4(10)3-5(11)8-6/h3H,1-2H3,(H2,7,8,10,11). The van der Waals surface area contributed by atoms with Crippen molar-refractivity contribution < 1.29 is 10.2 Å². The molecule has 0 radical (unpaired) electrons. The van der Waals surface area contributed by atoms with Gasteiger partial charge >= 0.3 is 0 Å². The number of anilines is 1. The fourth-order valence-electron chi connectivity index (χ4n) is 0.610. The third-order valence-corrected chi connectivity index (χ3v) is 1.09. The maximum atomic E-state index is 8.90. The van der Waals surface area contributed by atoms with Gasteiger partial charge < -0.3 is 15.1 Å². The van der Waals surface area contributed by atoms with Crippen molar-refractivity contribution in [3.05, 3.63) is 6.07 Å². The lowest BCUT2D eigenvalue weighted by atomic mass is 10.6. The van der Waals surface area contributed by atoms with Crippen LogP contribution in [-0.4, -0.2) is 34.3 Å². The second-order valence-electron chi connectivity index (χ2n) is 2.28. The summed E-state index contributed by atoms with van der Waals surface area (Å²) in [6.45, 7) is 0. The molecule has 0 aromatic carbocycles. The molecule has 2 N–H and O–H groups in total. The second-order valence-corrected chi connectivity index (χ2v) is 2.28. The van der Waals surface area contributed by atoms with E-state index in [2.05, 4.69) is 9.97 Å². The van der Waals surface area contributed by atoms with Gasteiger partial charge in [0.2, 0.25) is 17.7 Å². The van der Waals surface area contributed by atoms with Crippen LogP contribution in [0.1, 0.15) is 0 Å². The van der Waals surface area contributed by atoms with E-state index in [1.165, 1.54) is 0 Å². The highest BCUT2D eigenvalue weighted by Crippen LogP contribution is 2.15. The molecule has 1 aromatic rings. The molecule has 0 saturated carbocycles. The van der Waals surface area contributed by atoms with Gasteiger partial charge in [-0.2, -0.15) is 9.97 Å². The molecule has 0 bridgehead atoms. The summed E-state index contributed by atoms with van der Waals surface area (Å²) in [6, 6.07) is 1.08. The lowest BCUT2D eigenvalue weighted by Crippen LogP contribution is -2.12. The molecule has 0 atom stereocenters. The number of nitrogens with zero attached hydrogens (tertiary/aromatic N) is 3. The van der Waals surface area contributed by atoms with Gasteiger partial charge in [-0.05, 0) is 0 Å². The van der Waals surface area contributed by atoms with Crippen LogP contribution in [0.25, 0.3) is 0 Å². The molecule has 0 aliphatic rings. The highest BCUT2D eigenvalue weighted by Gasteiger charge is 2.02. The Kier molecular flexibility index (Phi) is 1.80. The molecule has 11 heavy (non-hydrogen) atoms. The molecule has 1 rings (SSSR count). The molecule has 0 amide bonds. The summed E-state index contributed by atoms with van der Waals surface area (Å²) in [5.41, 5.74) is 0. The summed E-state index contributed by atoms with van der Waals surface area (Å²) in [5, 5.41) is 17.8. The highest BCUT2D eigenvalue weighted by atomic mass is 16.3. The lowest BCUT2D eigenvalue weighted by molar-refractivity contribution is 0.422. The van der Waals surface area contributed by atoms with Crippen molar-refractivity contribution >= 4 is 5.95 Å². The van der Waals surface area contributed by atoms with Crippen molar-refractivity contribution in [2.45, 2.75) is 0 Å². The van der Waals surface area contributed by atoms with Crippen molar-refractivity contribution in [2.75, 3.05) is 19.0 Å². The molecule has 1 aromatic heterocycles. The zero-order chi connectivity index (χ0) is 8.43. The van der Waals surface area contributed by atoms with Crippen LogP contribution in [0.15, 0.2) is 6.07 Å². The van der Waals surface area contributed by atoms with Crippen molar-refractivity contribution in [3.63, 3.8) is 0 Å². The van der Waals surface area contributed by atoms with E-state index in [4.69, 9.17) is 10.2 Å². The van der Waals surface area contributed by atoms with Crippen molar-refractivity contribution in [1.82, 2.24) is 9.97 Å². The topological polar surface area (TPSA) is 69.5 Å². The van der Waals surface area contributed by atoms with Gasteiger partial charge in [0, 0.05) is 14.1 Å². The largest absolute Gasteiger partial charge is 0.493 e. The Labute approximate surface area is 63.9 Å². The van der Waals surface area contributed by atoms with Gasteiger partial charge in [0.1, 0.15) is 0 Å². The summed E-state index contributed by atoms with van der Waals surface area (Å²) in [6.07, 6.45) is 0. The Bertz CT molecular complexity index is 242. The Balaban J connectivity index is 3.08. The van der Waals surface area contributed by atoms with E-state index >= 15 is 0 Å². The smallest absolute Gasteiger partial charge is 0.231 e. The molecule has 0 aliphatic carbocycles. The minimum absolute atomic E-state index is 0.235. The quantitative estimate of drug-likeness (QED) is 0.595. The summed E-state index contributed by atoms with van der Waals surface area (Å²) in [5.74, 6) is -0.190. The van der Waals surface area contributed by atoms with E-state index < -0.39 is 0 Å². The second kappa shape index (κ2) is 2.61. The van der Waals surface area contributed by atoms with E-state index in [1.807, 2.05) is 0 Å². The van der Waals surface area contributed by atoms with Crippen LogP contribution in [0.2, 0.25) is 0 Å². The summed E-state index contributed by atoms with van der Waals surface area (Å²) in [7, 11) is 3.43. The minimum atomic E-state index is -0.235. The monoisotopic (exact) mass is 155 g/mol. The maximum absolute atomic E-state index is 8.90. The van der Waals surface area contributed by atoms with Crippen molar-refractivity contribution in [1.29, 1.82) is 0 Å². The number of hydrogen-bond acceptors (Lipinski definition) is 5. The maximum Gasteiger partial charge on any atom is 0.231 e. The van der Waals surface area contributed by atoms with Gasteiger partial charge in [-0.25, -0.2) is 0 Å². The summed E-state index contributed by atoms with van der Waals surface area (Å²) in [4.78, 5) is 8.87. The zero-order valence-corrected chi connectivity index (χ0v) is 6.31. The molecule has 0 aliphatic heterocycles. The molecule has 0 fully saturated rings. The molecule has 0 saturated heterocycles. The first kappa shape index (κ1) is 7.59. The van der Waals surface area contributed by atoms with Crippen LogP contribution in [0.4, 0.5) is 5.95 Å². The average Bonchev–Trinajstić information content (AvgIpc) is 1.85. The molecular formula is C6H9N3O2. The molecule has 60 valence electrons. The number of hydrogen-bond donors (Lipinski definition) is 2. The zero-order valence-electron chi connectivity index (χ0n) is 6.31. The summed E-state index contributed by atoms with van der Waals surface area (Å²) < 4.78 is 0. The van der Waals surface area contributed by atoms with Crippen LogP contribution >= 0.6 is 0 Å². The molecule has 1 heterocycles. The molecule has 0 spiro atoms. The van der Waals surface area contributed by atoms with E-state index in [1.54, 1.807) is 19.0 Å². The van der Waals surface area contributed by atoms with E-state index in [0.717, 1.165) is 6.07 Å². The first-order valence-electron chi connectivity index (χ1n) is 3.04. The van der Waals surface area contributed by atoms with Gasteiger partial charge in [-0.15, -0.1) is 0 Å². The van der Waals surface area contributed by atoms with Crippen LogP contribution < -0.4 is 4.90 Å². The van der Waals surface area contributed by atoms with Crippen LogP contribution in [0, 0.1) is 0 Å². The van der Waals surface area contributed by atoms with Crippen LogP contribution in [0.5, 0.6) is 11.8 Å². The van der Waals surface area contributed by atoms with Crippen LogP contribution in [-0.2, 0) is 0 Å². The van der Waals surface area contributed by atoms with Gasteiger partial charge in [0.15, 0.2) is 0 Å². The normalized spacial score (nSPS) is 9.64. The number of aromatic hydroxyl groups is 2. The van der Waals surface area contributed by atoms with Crippen LogP contribution in [0.3, 0.4) is 0 Å². The highest BCUT2D eigenvalue weighted by molar-refractivity contribution is 5.33. The molecular weight excluding hydrogens is 146 g/mol. The Hall–Kier alpha value is -1.52. The first-order chi connectivity index (χ1) is 5.09. The minimum Gasteiger partial charge on any atom is -0.493 e.